The van der Waals surface area contributed by atoms with E-state index >= 15 is 0 Å². The highest BCUT2D eigenvalue weighted by Gasteiger charge is 2.17. The molecule has 25 heavy (non-hydrogen) atoms. The first-order valence-electron chi connectivity index (χ1n) is 7.78. The second-order valence-electron chi connectivity index (χ2n) is 6.00. The van der Waals surface area contributed by atoms with E-state index in [1.165, 1.54) is 24.3 Å². The summed E-state index contributed by atoms with van der Waals surface area (Å²) >= 11 is 6.01. The molecule has 0 unspecified atom stereocenters. The van der Waals surface area contributed by atoms with Crippen molar-refractivity contribution >= 4 is 34.1 Å². The molecule has 0 aliphatic rings. The van der Waals surface area contributed by atoms with Crippen LogP contribution < -0.4 is 10.7 Å². The minimum Gasteiger partial charge on any atom is -0.344 e. The van der Waals surface area contributed by atoms with Gasteiger partial charge in [-0.25, -0.2) is 4.39 Å². The summed E-state index contributed by atoms with van der Waals surface area (Å²) in [6.45, 7) is 3.92. The fourth-order valence-electron chi connectivity index (χ4n) is 2.65. The number of amides is 1. The summed E-state index contributed by atoms with van der Waals surface area (Å²) < 4.78 is 14.8. The third-order valence-corrected chi connectivity index (χ3v) is 4.13. The van der Waals surface area contributed by atoms with Gasteiger partial charge in [-0.3, -0.25) is 9.59 Å². The average Bonchev–Trinajstić information content (AvgIpc) is 2.57. The maximum absolute atomic E-state index is 13.0. The van der Waals surface area contributed by atoms with Gasteiger partial charge in [0.15, 0.2) is 0 Å². The van der Waals surface area contributed by atoms with Crippen molar-refractivity contribution in [2.24, 2.45) is 0 Å². The Bertz CT molecular complexity index is 1010. The van der Waals surface area contributed by atoms with E-state index in [0.29, 0.717) is 21.6 Å². The van der Waals surface area contributed by atoms with Crippen molar-refractivity contribution in [1.29, 1.82) is 0 Å². The van der Waals surface area contributed by atoms with Crippen molar-refractivity contribution in [2.45, 2.75) is 19.9 Å². The maximum atomic E-state index is 13.0. The highest BCUT2D eigenvalue weighted by molar-refractivity contribution is 6.31. The van der Waals surface area contributed by atoms with E-state index in [9.17, 15) is 14.0 Å². The summed E-state index contributed by atoms with van der Waals surface area (Å²) in [6, 6.07) is 10.4. The zero-order valence-electron chi connectivity index (χ0n) is 13.7. The number of rotatable bonds is 3. The predicted molar refractivity (Wildman–Crippen MR) is 98.0 cm³/mol. The number of hydrogen-bond acceptors (Lipinski definition) is 2. The number of halogens is 2. The number of carbonyl (C=O) groups is 1. The number of aromatic nitrogens is 1. The molecule has 0 saturated carbocycles. The van der Waals surface area contributed by atoms with Crippen molar-refractivity contribution < 1.29 is 9.18 Å². The molecular weight excluding hydrogens is 343 g/mol. The zero-order valence-corrected chi connectivity index (χ0v) is 14.5. The first-order chi connectivity index (χ1) is 11.9. The lowest BCUT2D eigenvalue weighted by Gasteiger charge is -2.17. The highest BCUT2D eigenvalue weighted by atomic mass is 35.5. The van der Waals surface area contributed by atoms with E-state index in [-0.39, 0.29) is 11.6 Å². The van der Waals surface area contributed by atoms with Crippen LogP contribution in [0.1, 0.15) is 30.2 Å². The summed E-state index contributed by atoms with van der Waals surface area (Å²) in [4.78, 5) is 25.3. The second-order valence-corrected chi connectivity index (χ2v) is 6.43. The van der Waals surface area contributed by atoms with Crippen molar-refractivity contribution in [2.75, 3.05) is 5.32 Å². The molecule has 4 nitrogen and oxygen atoms in total. The molecule has 1 heterocycles. The normalized spacial score (nSPS) is 11.1. The van der Waals surface area contributed by atoms with Gasteiger partial charge in [-0.05, 0) is 56.3 Å². The molecule has 0 spiro atoms. The van der Waals surface area contributed by atoms with Gasteiger partial charge in [0, 0.05) is 28.3 Å². The summed E-state index contributed by atoms with van der Waals surface area (Å²) in [5.74, 6) is -0.951. The van der Waals surface area contributed by atoms with E-state index in [1.807, 2.05) is 18.4 Å². The summed E-state index contributed by atoms with van der Waals surface area (Å²) in [7, 11) is 0. The molecule has 1 N–H and O–H groups in total. The van der Waals surface area contributed by atoms with Gasteiger partial charge in [0.25, 0.3) is 5.91 Å². The largest absolute Gasteiger partial charge is 0.344 e. The number of nitrogens with one attached hydrogen (secondary N) is 1. The molecule has 0 saturated heterocycles. The van der Waals surface area contributed by atoms with Crippen LogP contribution in [0.25, 0.3) is 10.9 Å². The molecule has 128 valence electrons. The van der Waals surface area contributed by atoms with Crippen LogP contribution in [-0.4, -0.2) is 10.5 Å². The highest BCUT2D eigenvalue weighted by Crippen LogP contribution is 2.21. The smallest absolute Gasteiger partial charge is 0.261 e. The maximum Gasteiger partial charge on any atom is 0.261 e. The van der Waals surface area contributed by atoms with E-state index < -0.39 is 17.2 Å². The Morgan fingerprint density at radius 1 is 1.16 bits per heavy atom. The van der Waals surface area contributed by atoms with Crippen LogP contribution in [0.2, 0.25) is 5.02 Å². The van der Waals surface area contributed by atoms with Gasteiger partial charge < -0.3 is 9.88 Å². The lowest BCUT2D eigenvalue weighted by atomic mass is 10.1. The Labute approximate surface area is 148 Å². The SMILES string of the molecule is CC(C)n1cc(C(=O)Nc2ccc(F)cc2)c(=O)c2cc(Cl)ccc21. The standard InChI is InChI=1S/C19H16ClFN2O2/c1-11(2)23-10-16(18(24)15-9-12(20)3-8-17(15)23)19(25)22-14-6-4-13(21)5-7-14/h3-11H,1-2H3,(H,22,25). The Morgan fingerprint density at radius 3 is 2.48 bits per heavy atom. The van der Waals surface area contributed by atoms with Crippen LogP contribution in [0.15, 0.2) is 53.5 Å². The molecule has 3 rings (SSSR count). The van der Waals surface area contributed by atoms with Crippen molar-refractivity contribution in [3.05, 3.63) is 75.3 Å². The molecule has 1 amide bonds. The van der Waals surface area contributed by atoms with E-state index in [0.717, 1.165) is 0 Å². The molecule has 0 aliphatic carbocycles. The summed E-state index contributed by atoms with van der Waals surface area (Å²) in [5, 5.41) is 3.43. The van der Waals surface area contributed by atoms with Crippen molar-refractivity contribution in [3.8, 4) is 0 Å². The zero-order chi connectivity index (χ0) is 18.1. The second kappa shape index (κ2) is 6.69. The molecule has 2 aromatic carbocycles. The lowest BCUT2D eigenvalue weighted by molar-refractivity contribution is 0.102. The molecule has 1 aromatic heterocycles. The monoisotopic (exact) mass is 358 g/mol. The van der Waals surface area contributed by atoms with Gasteiger partial charge in [0.2, 0.25) is 5.43 Å². The number of pyridine rings is 1. The van der Waals surface area contributed by atoms with Gasteiger partial charge >= 0.3 is 0 Å². The minimum atomic E-state index is -0.548. The summed E-state index contributed by atoms with van der Waals surface area (Å²) in [6.07, 6.45) is 1.54. The number of nitrogens with zero attached hydrogens (tertiary/aromatic N) is 1. The molecule has 6 heteroatoms. The Morgan fingerprint density at radius 2 is 1.84 bits per heavy atom. The van der Waals surface area contributed by atoms with Gasteiger partial charge in [0.1, 0.15) is 11.4 Å². The number of hydrogen-bond donors (Lipinski definition) is 1. The Kier molecular flexibility index (Phi) is 4.59. The van der Waals surface area contributed by atoms with Gasteiger partial charge in [-0.15, -0.1) is 0 Å². The van der Waals surface area contributed by atoms with E-state index in [1.54, 1.807) is 24.4 Å². The van der Waals surface area contributed by atoms with Crippen molar-refractivity contribution in [3.63, 3.8) is 0 Å². The third kappa shape index (κ3) is 3.42. The molecule has 0 atom stereocenters. The first kappa shape index (κ1) is 17.2. The summed E-state index contributed by atoms with van der Waals surface area (Å²) in [5.41, 5.74) is 0.734. The first-order valence-corrected chi connectivity index (χ1v) is 8.16. The fraction of sp³-hybridized carbons (Fsp3) is 0.158. The number of anilines is 1. The number of benzene rings is 2. The third-order valence-electron chi connectivity index (χ3n) is 3.90. The Balaban J connectivity index is 2.11. The Hall–Kier alpha value is -2.66. The van der Waals surface area contributed by atoms with E-state index in [4.69, 9.17) is 11.6 Å². The van der Waals surface area contributed by atoms with Crippen LogP contribution in [0, 0.1) is 5.82 Å². The average molecular weight is 359 g/mol. The molecule has 3 aromatic rings. The van der Waals surface area contributed by atoms with Gasteiger partial charge in [0.05, 0.1) is 5.52 Å². The van der Waals surface area contributed by atoms with E-state index in [2.05, 4.69) is 5.32 Å². The molecule has 0 aliphatic heterocycles. The van der Waals surface area contributed by atoms with Crippen LogP contribution >= 0.6 is 11.6 Å². The van der Waals surface area contributed by atoms with Crippen LogP contribution in [0.4, 0.5) is 10.1 Å². The molecular formula is C19H16ClFN2O2. The van der Waals surface area contributed by atoms with Crippen LogP contribution in [0.3, 0.4) is 0 Å². The molecule has 0 bridgehead atoms. The fourth-order valence-corrected chi connectivity index (χ4v) is 2.82. The number of carbonyl (C=O) groups excluding carboxylic acids is 1. The van der Waals surface area contributed by atoms with Gasteiger partial charge in [-0.2, -0.15) is 0 Å². The van der Waals surface area contributed by atoms with Crippen LogP contribution in [0.5, 0.6) is 0 Å². The minimum absolute atomic E-state index is 0.00721. The lowest BCUT2D eigenvalue weighted by Crippen LogP contribution is -2.24. The van der Waals surface area contributed by atoms with Gasteiger partial charge in [-0.1, -0.05) is 11.6 Å². The number of fused-ring (bicyclic) bond motifs is 1. The predicted octanol–water partition coefficient (Wildman–Crippen LogP) is 4.63. The molecule has 0 radical (unpaired) electrons. The molecule has 0 fully saturated rings. The van der Waals surface area contributed by atoms with Crippen molar-refractivity contribution in [1.82, 2.24) is 4.57 Å². The quantitative estimate of drug-likeness (QED) is 0.742. The topological polar surface area (TPSA) is 51.1 Å². The van der Waals surface area contributed by atoms with Crippen LogP contribution in [-0.2, 0) is 0 Å².